The molecule has 1 amide bonds. The van der Waals surface area contributed by atoms with Gasteiger partial charge in [-0.05, 0) is 24.5 Å². The zero-order valence-electron chi connectivity index (χ0n) is 15.4. The van der Waals surface area contributed by atoms with Crippen LogP contribution >= 0.6 is 12.4 Å². The molecule has 0 aliphatic rings. The van der Waals surface area contributed by atoms with Gasteiger partial charge in [0, 0.05) is 37.2 Å². The third-order valence-electron chi connectivity index (χ3n) is 3.84. The predicted octanol–water partition coefficient (Wildman–Crippen LogP) is 3.17. The number of halogens is 1. The second-order valence-electron chi connectivity index (χ2n) is 7.33. The molecule has 2 N–H and O–H groups in total. The molecule has 138 valence electrons. The highest BCUT2D eigenvalue weighted by atomic mass is 35.5. The first kappa shape index (κ1) is 21.1. The van der Waals surface area contributed by atoms with E-state index in [1.54, 1.807) is 24.1 Å². The summed E-state index contributed by atoms with van der Waals surface area (Å²) < 4.78 is 5.33. The number of hydrogen-bond donors (Lipinski definition) is 1. The summed E-state index contributed by atoms with van der Waals surface area (Å²) in [5.74, 6) is 1.02. The number of nitrogens with zero attached hydrogens (tertiary/aromatic N) is 3. The van der Waals surface area contributed by atoms with Crippen molar-refractivity contribution in [1.82, 2.24) is 15.0 Å². The van der Waals surface area contributed by atoms with Gasteiger partial charge in [-0.2, -0.15) is 4.98 Å². The van der Waals surface area contributed by atoms with Gasteiger partial charge < -0.3 is 15.2 Å². The first-order valence-electron chi connectivity index (χ1n) is 8.11. The van der Waals surface area contributed by atoms with Crippen LogP contribution in [0.4, 0.5) is 0 Å². The molecular formula is C18H27ClN4O2. The summed E-state index contributed by atoms with van der Waals surface area (Å²) in [6, 6.07) is 7.23. The summed E-state index contributed by atoms with van der Waals surface area (Å²) in [5, 5.41) is 4.04. The van der Waals surface area contributed by atoms with Crippen molar-refractivity contribution in [2.45, 2.75) is 40.2 Å². The standard InChI is InChI=1S/C18H26N4O2.ClH/c1-12(11-19)22(5)17(23)14-8-6-7-13(9-14)16-20-15(24-21-16)10-18(2,3)4;/h6-9,12H,10-11,19H2,1-5H3;1H. The highest BCUT2D eigenvalue weighted by molar-refractivity contribution is 5.95. The maximum atomic E-state index is 12.5. The Balaban J connectivity index is 0.00000312. The Hall–Kier alpha value is -1.92. The average molecular weight is 367 g/mol. The Morgan fingerprint density at radius 2 is 2.04 bits per heavy atom. The lowest BCUT2D eigenvalue weighted by atomic mass is 9.92. The minimum absolute atomic E-state index is 0. The van der Waals surface area contributed by atoms with Crippen LogP contribution < -0.4 is 5.73 Å². The van der Waals surface area contributed by atoms with Crippen LogP contribution in [-0.2, 0) is 6.42 Å². The van der Waals surface area contributed by atoms with E-state index in [0.717, 1.165) is 5.56 Å². The number of nitrogens with two attached hydrogens (primary N) is 1. The smallest absolute Gasteiger partial charge is 0.253 e. The molecule has 25 heavy (non-hydrogen) atoms. The molecule has 0 radical (unpaired) electrons. The maximum Gasteiger partial charge on any atom is 0.253 e. The number of carbonyl (C=O) groups is 1. The molecule has 1 heterocycles. The van der Waals surface area contributed by atoms with E-state index in [-0.39, 0.29) is 29.8 Å². The van der Waals surface area contributed by atoms with Crippen LogP contribution in [0.5, 0.6) is 0 Å². The number of likely N-dealkylation sites (N-methyl/N-ethyl adjacent to an activating group) is 1. The summed E-state index contributed by atoms with van der Waals surface area (Å²) in [7, 11) is 1.75. The van der Waals surface area contributed by atoms with Crippen LogP contribution in [0, 0.1) is 5.41 Å². The van der Waals surface area contributed by atoms with Gasteiger partial charge in [0.25, 0.3) is 5.91 Å². The molecule has 6 nitrogen and oxygen atoms in total. The zero-order chi connectivity index (χ0) is 17.9. The summed E-state index contributed by atoms with van der Waals surface area (Å²) in [6.45, 7) is 8.68. The number of aromatic nitrogens is 2. The molecule has 0 aliphatic heterocycles. The summed E-state index contributed by atoms with van der Waals surface area (Å²) in [5.41, 5.74) is 7.05. The van der Waals surface area contributed by atoms with E-state index in [1.165, 1.54) is 0 Å². The second kappa shape index (κ2) is 8.45. The molecule has 1 atom stereocenters. The number of rotatable bonds is 5. The predicted molar refractivity (Wildman–Crippen MR) is 101 cm³/mol. The Kier molecular flexibility index (Phi) is 7.14. The first-order chi connectivity index (χ1) is 11.2. The minimum atomic E-state index is -0.0757. The van der Waals surface area contributed by atoms with E-state index in [0.29, 0.717) is 30.2 Å². The van der Waals surface area contributed by atoms with E-state index >= 15 is 0 Å². The fraction of sp³-hybridized carbons (Fsp3) is 0.500. The second-order valence-corrected chi connectivity index (χ2v) is 7.33. The van der Waals surface area contributed by atoms with Crippen LogP contribution in [0.1, 0.15) is 43.9 Å². The molecule has 0 bridgehead atoms. The van der Waals surface area contributed by atoms with Gasteiger partial charge in [0.2, 0.25) is 11.7 Å². The lowest BCUT2D eigenvalue weighted by Gasteiger charge is -2.23. The van der Waals surface area contributed by atoms with Crippen LogP contribution in [-0.4, -0.2) is 40.6 Å². The number of benzene rings is 1. The van der Waals surface area contributed by atoms with Gasteiger partial charge in [-0.3, -0.25) is 4.79 Å². The van der Waals surface area contributed by atoms with Crippen LogP contribution in [0.2, 0.25) is 0 Å². The average Bonchev–Trinajstić information content (AvgIpc) is 2.99. The molecule has 0 saturated carbocycles. The van der Waals surface area contributed by atoms with Gasteiger partial charge in [-0.15, -0.1) is 12.4 Å². The Labute approximate surface area is 155 Å². The van der Waals surface area contributed by atoms with Gasteiger partial charge in [0.05, 0.1) is 0 Å². The van der Waals surface area contributed by atoms with Crippen molar-refractivity contribution in [1.29, 1.82) is 0 Å². The molecule has 0 aliphatic carbocycles. The third kappa shape index (κ3) is 5.54. The van der Waals surface area contributed by atoms with Gasteiger partial charge in [-0.25, -0.2) is 0 Å². The Morgan fingerprint density at radius 3 is 2.64 bits per heavy atom. The lowest BCUT2D eigenvalue weighted by Crippen LogP contribution is -2.39. The van der Waals surface area contributed by atoms with E-state index in [9.17, 15) is 4.79 Å². The quantitative estimate of drug-likeness (QED) is 0.878. The fourth-order valence-electron chi connectivity index (χ4n) is 2.25. The highest BCUT2D eigenvalue weighted by Gasteiger charge is 2.19. The Morgan fingerprint density at radius 1 is 1.36 bits per heavy atom. The summed E-state index contributed by atoms with van der Waals surface area (Å²) in [6.07, 6.45) is 0.704. The van der Waals surface area contributed by atoms with Crippen molar-refractivity contribution in [3.8, 4) is 11.4 Å². The molecule has 1 aromatic carbocycles. The maximum absolute atomic E-state index is 12.5. The summed E-state index contributed by atoms with van der Waals surface area (Å²) in [4.78, 5) is 18.6. The third-order valence-corrected chi connectivity index (χ3v) is 3.84. The molecule has 2 rings (SSSR count). The summed E-state index contributed by atoms with van der Waals surface area (Å²) >= 11 is 0. The largest absolute Gasteiger partial charge is 0.339 e. The van der Waals surface area contributed by atoms with E-state index in [1.807, 2.05) is 19.1 Å². The van der Waals surface area contributed by atoms with E-state index < -0.39 is 0 Å². The fourth-order valence-corrected chi connectivity index (χ4v) is 2.25. The normalized spacial score (nSPS) is 12.4. The van der Waals surface area contributed by atoms with E-state index in [4.69, 9.17) is 10.3 Å². The van der Waals surface area contributed by atoms with Gasteiger partial charge in [0.1, 0.15) is 0 Å². The first-order valence-corrected chi connectivity index (χ1v) is 8.11. The SMILES string of the molecule is CC(CN)N(C)C(=O)c1cccc(-c2noc(CC(C)(C)C)n2)c1.Cl. The zero-order valence-corrected chi connectivity index (χ0v) is 16.3. The van der Waals surface area contributed by atoms with Gasteiger partial charge >= 0.3 is 0 Å². The van der Waals surface area contributed by atoms with Crippen molar-refractivity contribution in [2.75, 3.05) is 13.6 Å². The van der Waals surface area contributed by atoms with Crippen LogP contribution in [0.3, 0.4) is 0 Å². The number of carbonyl (C=O) groups excluding carboxylic acids is 1. The van der Waals surface area contributed by atoms with Crippen molar-refractivity contribution >= 4 is 18.3 Å². The molecule has 1 unspecified atom stereocenters. The molecular weight excluding hydrogens is 340 g/mol. The molecule has 7 heteroatoms. The highest BCUT2D eigenvalue weighted by Crippen LogP contribution is 2.23. The topological polar surface area (TPSA) is 85.2 Å². The molecule has 0 spiro atoms. The Bertz CT molecular complexity index is 709. The number of amides is 1. The molecule has 2 aromatic rings. The molecule has 1 aromatic heterocycles. The van der Waals surface area contributed by atoms with Crippen molar-refractivity contribution in [3.05, 3.63) is 35.7 Å². The van der Waals surface area contributed by atoms with Crippen molar-refractivity contribution in [3.63, 3.8) is 0 Å². The molecule has 0 fully saturated rings. The minimum Gasteiger partial charge on any atom is -0.339 e. The van der Waals surface area contributed by atoms with Crippen LogP contribution in [0.15, 0.2) is 28.8 Å². The van der Waals surface area contributed by atoms with Crippen molar-refractivity contribution < 1.29 is 9.32 Å². The van der Waals surface area contributed by atoms with Crippen LogP contribution in [0.25, 0.3) is 11.4 Å². The number of hydrogen-bond acceptors (Lipinski definition) is 5. The monoisotopic (exact) mass is 366 g/mol. The van der Waals surface area contributed by atoms with E-state index in [2.05, 4.69) is 30.9 Å². The lowest BCUT2D eigenvalue weighted by molar-refractivity contribution is 0.0748. The van der Waals surface area contributed by atoms with Gasteiger partial charge in [0.15, 0.2) is 0 Å². The molecule has 0 saturated heterocycles. The van der Waals surface area contributed by atoms with Gasteiger partial charge in [-0.1, -0.05) is 38.1 Å². The van der Waals surface area contributed by atoms with Crippen molar-refractivity contribution in [2.24, 2.45) is 11.1 Å².